The van der Waals surface area contributed by atoms with Crippen LogP contribution in [-0.2, 0) is 33.8 Å². The number of methoxy groups -OCH3 is 1. The number of thiophene rings is 1. The number of amides is 3. The molecule has 0 radical (unpaired) electrons. The standard InChI is InChI=1S/C46H40N4O5S2/c1-55-46(54)42-38-24-25-50(28-32-12-5-2-6-13-32)29-40(38)57-45(42)49-41(51)30-56-37-19-11-18-36(27-37)47-44(53)39(48-43(52)35-16-9-4-10-17-35)26-31-20-22-34(23-21-31)33-14-7-3-8-15-33/h2-23,26-27H,24-25,28-30H2,1H3,(H,47,53)(H,48,52)(H,49,51)/b39-26+. The van der Waals surface area contributed by atoms with Crippen molar-refractivity contribution in [3.63, 3.8) is 0 Å². The average molecular weight is 793 g/mol. The van der Waals surface area contributed by atoms with Crippen molar-refractivity contribution in [1.82, 2.24) is 10.2 Å². The normalized spacial score (nSPS) is 12.6. The molecule has 1 aromatic heterocycles. The number of carbonyl (C=O) groups is 4. The van der Waals surface area contributed by atoms with E-state index in [1.54, 1.807) is 48.5 Å². The van der Waals surface area contributed by atoms with Gasteiger partial charge in [-0.2, -0.15) is 0 Å². The third kappa shape index (κ3) is 10.1. The third-order valence-electron chi connectivity index (χ3n) is 9.35. The largest absolute Gasteiger partial charge is 0.465 e. The molecule has 2 heterocycles. The summed E-state index contributed by atoms with van der Waals surface area (Å²) in [5, 5.41) is 9.16. The van der Waals surface area contributed by atoms with Crippen LogP contribution in [0.15, 0.2) is 150 Å². The van der Waals surface area contributed by atoms with Gasteiger partial charge in [0, 0.05) is 40.7 Å². The summed E-state index contributed by atoms with van der Waals surface area (Å²) in [7, 11) is 1.35. The maximum Gasteiger partial charge on any atom is 0.341 e. The second-order valence-electron chi connectivity index (χ2n) is 13.3. The number of benzene rings is 5. The molecule has 286 valence electrons. The lowest BCUT2D eigenvalue weighted by Crippen LogP contribution is -2.30. The topological polar surface area (TPSA) is 117 Å². The monoisotopic (exact) mass is 792 g/mol. The minimum atomic E-state index is -0.509. The fourth-order valence-corrected chi connectivity index (χ4v) is 8.57. The molecule has 1 aliphatic heterocycles. The number of ether oxygens (including phenoxy) is 1. The highest BCUT2D eigenvalue weighted by Crippen LogP contribution is 2.38. The van der Waals surface area contributed by atoms with Crippen LogP contribution in [0.2, 0.25) is 0 Å². The van der Waals surface area contributed by atoms with Crippen molar-refractivity contribution in [3.05, 3.63) is 178 Å². The summed E-state index contributed by atoms with van der Waals surface area (Å²) in [4.78, 5) is 57.3. The second kappa shape index (κ2) is 18.6. The van der Waals surface area contributed by atoms with Crippen LogP contribution in [0.4, 0.5) is 10.7 Å². The van der Waals surface area contributed by atoms with Crippen LogP contribution in [-0.4, -0.2) is 48.0 Å². The van der Waals surface area contributed by atoms with E-state index in [-0.39, 0.29) is 17.4 Å². The van der Waals surface area contributed by atoms with Gasteiger partial charge in [0.1, 0.15) is 10.7 Å². The minimum absolute atomic E-state index is 0.0667. The quantitative estimate of drug-likeness (QED) is 0.0608. The van der Waals surface area contributed by atoms with Crippen molar-refractivity contribution in [3.8, 4) is 11.1 Å². The number of nitrogens with one attached hydrogen (secondary N) is 3. The summed E-state index contributed by atoms with van der Waals surface area (Å²) in [5.41, 5.74) is 6.38. The van der Waals surface area contributed by atoms with Gasteiger partial charge in [0.05, 0.1) is 18.4 Å². The number of hydrogen-bond acceptors (Lipinski definition) is 8. The summed E-state index contributed by atoms with van der Waals surface area (Å²) < 4.78 is 5.13. The van der Waals surface area contributed by atoms with Gasteiger partial charge in [0.15, 0.2) is 0 Å². The first-order valence-corrected chi connectivity index (χ1v) is 20.2. The molecule has 0 spiro atoms. The van der Waals surface area contributed by atoms with Crippen molar-refractivity contribution in [2.24, 2.45) is 0 Å². The van der Waals surface area contributed by atoms with Crippen LogP contribution < -0.4 is 16.0 Å². The fraction of sp³-hybridized carbons (Fsp3) is 0.130. The van der Waals surface area contributed by atoms with Crippen molar-refractivity contribution in [2.45, 2.75) is 24.4 Å². The first kappa shape index (κ1) is 39.0. The molecule has 3 N–H and O–H groups in total. The Morgan fingerprint density at radius 1 is 0.789 bits per heavy atom. The van der Waals surface area contributed by atoms with Gasteiger partial charge in [-0.15, -0.1) is 23.1 Å². The number of nitrogens with zero attached hydrogens (tertiary/aromatic N) is 1. The Morgan fingerprint density at radius 2 is 1.47 bits per heavy atom. The average Bonchev–Trinajstić information content (AvgIpc) is 3.60. The Morgan fingerprint density at radius 3 is 2.19 bits per heavy atom. The second-order valence-corrected chi connectivity index (χ2v) is 15.5. The lowest BCUT2D eigenvalue weighted by Gasteiger charge is -2.27. The Balaban J connectivity index is 1.02. The van der Waals surface area contributed by atoms with E-state index in [0.717, 1.165) is 45.1 Å². The third-order valence-corrected chi connectivity index (χ3v) is 11.5. The molecule has 5 aromatic carbocycles. The highest BCUT2D eigenvalue weighted by Gasteiger charge is 2.29. The molecule has 0 unspecified atom stereocenters. The Hall–Kier alpha value is -6.27. The molecule has 7 rings (SSSR count). The van der Waals surface area contributed by atoms with Crippen molar-refractivity contribution in [2.75, 3.05) is 30.0 Å². The van der Waals surface area contributed by atoms with Crippen LogP contribution in [0.3, 0.4) is 0 Å². The molecule has 0 saturated heterocycles. The van der Waals surface area contributed by atoms with E-state index in [9.17, 15) is 19.2 Å². The van der Waals surface area contributed by atoms with Gasteiger partial charge in [0.25, 0.3) is 11.8 Å². The van der Waals surface area contributed by atoms with Gasteiger partial charge in [-0.25, -0.2) is 4.79 Å². The highest BCUT2D eigenvalue weighted by molar-refractivity contribution is 8.00. The lowest BCUT2D eigenvalue weighted by atomic mass is 10.0. The zero-order valence-corrected chi connectivity index (χ0v) is 32.8. The number of thioether (sulfide) groups is 1. The molecule has 6 aromatic rings. The predicted molar refractivity (Wildman–Crippen MR) is 228 cm³/mol. The van der Waals surface area contributed by atoms with Crippen LogP contribution >= 0.6 is 23.1 Å². The van der Waals surface area contributed by atoms with E-state index in [2.05, 4.69) is 33.0 Å². The van der Waals surface area contributed by atoms with E-state index >= 15 is 0 Å². The van der Waals surface area contributed by atoms with Crippen molar-refractivity contribution >= 4 is 63.6 Å². The first-order valence-electron chi connectivity index (χ1n) is 18.4. The number of fused-ring (bicyclic) bond motifs is 1. The molecule has 3 amide bonds. The van der Waals surface area contributed by atoms with E-state index in [1.807, 2.05) is 84.9 Å². The highest BCUT2D eigenvalue weighted by atomic mass is 32.2. The summed E-state index contributed by atoms with van der Waals surface area (Å²) >= 11 is 2.71. The number of carbonyl (C=O) groups excluding carboxylic acids is 4. The Bertz CT molecular complexity index is 2400. The number of hydrogen-bond donors (Lipinski definition) is 3. The molecule has 57 heavy (non-hydrogen) atoms. The maximum absolute atomic E-state index is 13.8. The fourth-order valence-electron chi connectivity index (χ4n) is 6.52. The minimum Gasteiger partial charge on any atom is -0.465 e. The smallest absolute Gasteiger partial charge is 0.341 e. The molecule has 9 nitrogen and oxygen atoms in total. The predicted octanol–water partition coefficient (Wildman–Crippen LogP) is 8.90. The van der Waals surface area contributed by atoms with Gasteiger partial charge < -0.3 is 20.7 Å². The van der Waals surface area contributed by atoms with E-state index in [4.69, 9.17) is 4.74 Å². The van der Waals surface area contributed by atoms with Gasteiger partial charge >= 0.3 is 5.97 Å². The summed E-state index contributed by atoms with van der Waals surface area (Å²) in [5.74, 6) is -1.59. The Kier molecular flexibility index (Phi) is 12.7. The molecule has 1 aliphatic rings. The molecule has 0 bridgehead atoms. The maximum atomic E-state index is 13.8. The molecule has 0 aliphatic carbocycles. The van der Waals surface area contributed by atoms with Gasteiger partial charge in [-0.05, 0) is 70.6 Å². The van der Waals surface area contributed by atoms with Gasteiger partial charge in [0.2, 0.25) is 5.91 Å². The van der Waals surface area contributed by atoms with E-state index in [1.165, 1.54) is 35.8 Å². The molecule has 0 atom stereocenters. The molecule has 0 saturated carbocycles. The molecular formula is C46H40N4O5S2. The van der Waals surface area contributed by atoms with Gasteiger partial charge in [-0.1, -0.05) is 109 Å². The van der Waals surface area contributed by atoms with Crippen molar-refractivity contribution in [1.29, 1.82) is 0 Å². The SMILES string of the molecule is COC(=O)c1c(NC(=O)CSc2cccc(NC(=O)/C(=C\c3ccc(-c4ccccc4)cc3)NC(=O)c3ccccc3)c2)sc2c1CCN(Cc1ccccc1)C2. The number of rotatable bonds is 13. The van der Waals surface area contributed by atoms with Crippen molar-refractivity contribution < 1.29 is 23.9 Å². The molecular weight excluding hydrogens is 753 g/mol. The summed E-state index contributed by atoms with van der Waals surface area (Å²) in [6.45, 7) is 2.26. The molecule has 0 fully saturated rings. The van der Waals surface area contributed by atoms with Crippen LogP contribution in [0, 0.1) is 0 Å². The summed E-state index contributed by atoms with van der Waals surface area (Å²) in [6.07, 6.45) is 2.32. The number of esters is 1. The van der Waals surface area contributed by atoms with Crippen LogP contribution in [0.25, 0.3) is 17.2 Å². The molecule has 11 heteroatoms. The zero-order valence-electron chi connectivity index (χ0n) is 31.2. The van der Waals surface area contributed by atoms with Gasteiger partial charge in [-0.3, -0.25) is 19.3 Å². The van der Waals surface area contributed by atoms with E-state index in [0.29, 0.717) is 34.8 Å². The summed E-state index contributed by atoms with van der Waals surface area (Å²) in [6, 6.07) is 43.8. The number of anilines is 2. The zero-order chi connectivity index (χ0) is 39.6. The first-order chi connectivity index (χ1) is 27.8. The van der Waals surface area contributed by atoms with E-state index < -0.39 is 17.8 Å². The lowest BCUT2D eigenvalue weighted by molar-refractivity contribution is -0.114. The van der Waals surface area contributed by atoms with Crippen LogP contribution in [0.5, 0.6) is 0 Å². The Labute approximate surface area is 339 Å². The van der Waals surface area contributed by atoms with Crippen LogP contribution in [0.1, 0.15) is 42.3 Å².